The second kappa shape index (κ2) is 8.70. The summed E-state index contributed by atoms with van der Waals surface area (Å²) >= 11 is 0. The minimum absolute atomic E-state index is 0.0212. The van der Waals surface area contributed by atoms with Gasteiger partial charge in [0.15, 0.2) is 0 Å². The number of nitrogens with zero attached hydrogens (tertiary/aromatic N) is 3. The third-order valence-electron chi connectivity index (χ3n) is 3.71. The van der Waals surface area contributed by atoms with Crippen molar-refractivity contribution in [3.05, 3.63) is 69.8 Å². The van der Waals surface area contributed by atoms with Crippen molar-refractivity contribution in [3.8, 4) is 0 Å². The summed E-state index contributed by atoms with van der Waals surface area (Å²) in [5.41, 5.74) is 9.94. The molecule has 8 heteroatoms. The van der Waals surface area contributed by atoms with Gasteiger partial charge < -0.3 is 15.1 Å². The Morgan fingerprint density at radius 1 is 1.00 bits per heavy atom. The van der Waals surface area contributed by atoms with Crippen LogP contribution in [0.3, 0.4) is 0 Å². The highest BCUT2D eigenvalue weighted by molar-refractivity contribution is 6.09. The van der Waals surface area contributed by atoms with Gasteiger partial charge in [0.25, 0.3) is 5.69 Å². The summed E-state index contributed by atoms with van der Waals surface area (Å²) in [5, 5.41) is 28.9. The average Bonchev–Trinajstić information content (AvgIpc) is 2.63. The molecule has 0 atom stereocenters. The third-order valence-corrected chi connectivity index (χ3v) is 3.71. The maximum atomic E-state index is 10.7. The Morgan fingerprint density at radius 2 is 1.48 bits per heavy atom. The number of aliphatic hydroxyl groups is 2. The van der Waals surface area contributed by atoms with E-state index in [0.29, 0.717) is 29.9 Å². The molecule has 0 bridgehead atoms. The van der Waals surface area contributed by atoms with Crippen LogP contribution in [0.2, 0.25) is 0 Å². The maximum absolute atomic E-state index is 10.7. The maximum Gasteiger partial charge on any atom is 0.379 e. The zero-order valence-corrected chi connectivity index (χ0v) is 13.5. The molecule has 2 rings (SSSR count). The van der Waals surface area contributed by atoms with E-state index in [0.717, 1.165) is 5.69 Å². The van der Waals surface area contributed by atoms with Crippen LogP contribution in [0.25, 0.3) is 0 Å². The first-order chi connectivity index (χ1) is 12.1. The van der Waals surface area contributed by atoms with E-state index in [1.807, 2.05) is 17.0 Å². The Morgan fingerprint density at radius 3 is 1.88 bits per heavy atom. The number of nitro benzene ring substituents is 1. The summed E-state index contributed by atoms with van der Waals surface area (Å²) < 4.78 is 0. The van der Waals surface area contributed by atoms with E-state index in [1.165, 1.54) is 12.1 Å². The molecule has 0 aromatic heterocycles. The molecule has 0 unspecified atom stereocenters. The monoisotopic (exact) mass is 343 g/mol. The number of benzene rings is 2. The molecule has 2 aromatic carbocycles. The lowest BCUT2D eigenvalue weighted by Gasteiger charge is -2.22. The lowest BCUT2D eigenvalue weighted by molar-refractivity contribution is -0.384. The normalized spacial score (nSPS) is 10.2. The number of rotatable bonds is 8. The van der Waals surface area contributed by atoms with Gasteiger partial charge in [0.1, 0.15) is 0 Å². The molecule has 0 fully saturated rings. The fraction of sp³-hybridized carbons (Fsp3) is 0.235. The van der Waals surface area contributed by atoms with Crippen molar-refractivity contribution in [1.82, 2.24) is 0 Å². The molecule has 0 aliphatic rings. The molecule has 25 heavy (non-hydrogen) atoms. The molecule has 0 aliphatic heterocycles. The second-order valence-electron chi connectivity index (χ2n) is 5.25. The Hall–Kier alpha value is -3.06. The number of aliphatic hydroxyl groups excluding tert-OH is 2. The predicted octanol–water partition coefficient (Wildman–Crippen LogP) is 1.46. The minimum Gasteiger partial charge on any atom is -0.395 e. The number of nitrogens with one attached hydrogen (secondary N) is 1. The van der Waals surface area contributed by atoms with Crippen LogP contribution in [0, 0.1) is 15.6 Å². The zero-order valence-electron chi connectivity index (χ0n) is 13.5. The molecule has 2 aromatic rings. The fourth-order valence-electron chi connectivity index (χ4n) is 2.48. The average molecular weight is 343 g/mol. The van der Waals surface area contributed by atoms with Gasteiger partial charge in [-0.05, 0) is 36.4 Å². The van der Waals surface area contributed by atoms with Crippen molar-refractivity contribution < 1.29 is 19.9 Å². The van der Waals surface area contributed by atoms with Crippen LogP contribution in [0.15, 0.2) is 48.5 Å². The summed E-state index contributed by atoms with van der Waals surface area (Å²) in [5.74, 6) is 0. The van der Waals surface area contributed by atoms with Crippen LogP contribution in [0.4, 0.5) is 11.4 Å². The van der Waals surface area contributed by atoms with Crippen molar-refractivity contribution in [3.63, 3.8) is 0 Å². The lowest BCUT2D eigenvalue weighted by Crippen LogP contribution is -2.29. The number of non-ortho nitro benzene ring substituents is 1. The van der Waals surface area contributed by atoms with Gasteiger partial charge in [-0.2, -0.15) is 0 Å². The van der Waals surface area contributed by atoms with Crippen LogP contribution in [-0.4, -0.2) is 51.9 Å². The Bertz CT molecular complexity index is 762. The quantitative estimate of drug-likeness (QED) is 0.220. The smallest absolute Gasteiger partial charge is 0.379 e. The lowest BCUT2D eigenvalue weighted by atomic mass is 10.0. The predicted molar refractivity (Wildman–Crippen MR) is 92.1 cm³/mol. The van der Waals surface area contributed by atoms with Crippen LogP contribution in [0.1, 0.15) is 11.1 Å². The number of anilines is 1. The van der Waals surface area contributed by atoms with E-state index in [4.69, 9.17) is 15.7 Å². The number of hydrogen-bond donors (Lipinski definition) is 3. The van der Waals surface area contributed by atoms with Gasteiger partial charge >= 0.3 is 5.71 Å². The summed E-state index contributed by atoms with van der Waals surface area (Å²) in [6, 6.07) is 13.1. The largest absolute Gasteiger partial charge is 0.395 e. The Balaban J connectivity index is 2.27. The van der Waals surface area contributed by atoms with E-state index in [2.05, 4.69) is 4.79 Å². The summed E-state index contributed by atoms with van der Waals surface area (Å²) in [4.78, 5) is 15.6. The zero-order chi connectivity index (χ0) is 18.2. The van der Waals surface area contributed by atoms with E-state index >= 15 is 0 Å². The van der Waals surface area contributed by atoms with Gasteiger partial charge in [-0.1, -0.05) is 0 Å². The van der Waals surface area contributed by atoms with E-state index < -0.39 is 4.92 Å². The van der Waals surface area contributed by atoms with Crippen LogP contribution in [-0.2, 0) is 0 Å². The highest BCUT2D eigenvalue weighted by atomic mass is 16.6. The van der Waals surface area contributed by atoms with Gasteiger partial charge in [-0.15, -0.1) is 0 Å². The molecular weight excluding hydrogens is 324 g/mol. The Labute approximate surface area is 144 Å². The first-order valence-corrected chi connectivity index (χ1v) is 7.67. The van der Waals surface area contributed by atoms with Crippen molar-refractivity contribution in [2.45, 2.75) is 0 Å². The minimum atomic E-state index is -0.479. The topological polar surface area (TPSA) is 125 Å². The molecule has 0 spiro atoms. The highest BCUT2D eigenvalue weighted by Gasteiger charge is 2.19. The SMILES string of the molecule is N=[N+]=C(c1ccc(N(CCO)CCO)cc1)c1ccc([N+](=O)[O-])cc1. The van der Waals surface area contributed by atoms with Crippen LogP contribution >= 0.6 is 0 Å². The van der Waals surface area contributed by atoms with Gasteiger partial charge in [0, 0.05) is 30.9 Å². The Kier molecular flexibility index (Phi) is 6.36. The second-order valence-corrected chi connectivity index (χ2v) is 5.25. The van der Waals surface area contributed by atoms with Crippen molar-refractivity contribution in [2.24, 2.45) is 0 Å². The molecular formula is C17H19N4O4+. The van der Waals surface area contributed by atoms with Gasteiger partial charge in [-0.25, -0.2) is 0 Å². The highest BCUT2D eigenvalue weighted by Crippen LogP contribution is 2.19. The fourth-order valence-corrected chi connectivity index (χ4v) is 2.48. The van der Waals surface area contributed by atoms with E-state index in [1.54, 1.807) is 24.3 Å². The molecule has 0 amide bonds. The summed E-state index contributed by atoms with van der Waals surface area (Å²) in [6.07, 6.45) is 0. The summed E-state index contributed by atoms with van der Waals surface area (Å²) in [7, 11) is 0. The molecule has 0 heterocycles. The molecule has 0 saturated carbocycles. The number of hydrogen-bond acceptors (Lipinski definition) is 6. The molecule has 0 aliphatic carbocycles. The first kappa shape index (κ1) is 18.3. The first-order valence-electron chi connectivity index (χ1n) is 7.67. The van der Waals surface area contributed by atoms with Crippen LogP contribution < -0.4 is 4.90 Å². The van der Waals surface area contributed by atoms with Crippen LogP contribution in [0.5, 0.6) is 0 Å². The van der Waals surface area contributed by atoms with Crippen molar-refractivity contribution >= 4 is 17.1 Å². The molecule has 0 radical (unpaired) electrons. The van der Waals surface area contributed by atoms with Gasteiger partial charge in [-0.3, -0.25) is 10.1 Å². The standard InChI is InChI=1S/C17H19N4O4/c18-19-17(14-3-7-16(8-4-14)21(24)25)13-1-5-15(6-2-13)20(9-11-22)10-12-23/h1-8,18,22-23H,9-12H2/q+1. The van der Waals surface area contributed by atoms with E-state index in [9.17, 15) is 10.1 Å². The van der Waals surface area contributed by atoms with Crippen molar-refractivity contribution in [2.75, 3.05) is 31.2 Å². The molecule has 3 N–H and O–H groups in total. The molecule has 130 valence electrons. The van der Waals surface area contributed by atoms with Gasteiger partial charge in [0.2, 0.25) is 0 Å². The number of nitro groups is 1. The molecule has 8 nitrogen and oxygen atoms in total. The third kappa shape index (κ3) is 4.48. The van der Waals surface area contributed by atoms with Gasteiger partial charge in [0.05, 0.1) is 39.6 Å². The molecule has 0 saturated heterocycles. The summed E-state index contributed by atoms with van der Waals surface area (Å²) in [6.45, 7) is 0.761. The van der Waals surface area contributed by atoms with Crippen molar-refractivity contribution in [1.29, 1.82) is 5.53 Å². The van der Waals surface area contributed by atoms with E-state index in [-0.39, 0.29) is 18.9 Å².